The predicted molar refractivity (Wildman–Crippen MR) is 84.2 cm³/mol. The Morgan fingerprint density at radius 3 is 2.25 bits per heavy atom. The lowest BCUT2D eigenvalue weighted by atomic mass is 9.95. The van der Waals surface area contributed by atoms with Crippen LogP contribution in [0.2, 0.25) is 0 Å². The molecule has 0 spiro atoms. The van der Waals surface area contributed by atoms with Gasteiger partial charge in [-0.2, -0.15) is 0 Å². The number of likely N-dealkylation sites (N-methyl/N-ethyl adjacent to an activating group) is 1. The van der Waals surface area contributed by atoms with Crippen molar-refractivity contribution in [2.24, 2.45) is 0 Å². The number of hydrogen-bond donors (Lipinski definition) is 1. The highest BCUT2D eigenvalue weighted by atomic mass is 16.5. The van der Waals surface area contributed by atoms with E-state index in [4.69, 9.17) is 4.74 Å². The van der Waals surface area contributed by atoms with Crippen molar-refractivity contribution >= 4 is 0 Å². The molecule has 0 saturated carbocycles. The second-order valence-electron chi connectivity index (χ2n) is 5.42. The standard InChI is InChI=1S/C17H29NO2/c1-6-18(8-9-20-7-2)12-16(19)17-14(4)10-13(3)11-15(17)5/h10-11,16,19H,6-9,12H2,1-5H3. The first kappa shape index (κ1) is 17.2. The molecule has 0 radical (unpaired) electrons. The highest BCUT2D eigenvalue weighted by Crippen LogP contribution is 2.24. The van der Waals surface area contributed by atoms with E-state index in [0.29, 0.717) is 6.54 Å². The largest absolute Gasteiger partial charge is 0.387 e. The van der Waals surface area contributed by atoms with Crippen LogP contribution in [-0.4, -0.2) is 42.9 Å². The summed E-state index contributed by atoms with van der Waals surface area (Å²) in [5, 5.41) is 10.5. The van der Waals surface area contributed by atoms with Crippen LogP contribution in [0.15, 0.2) is 12.1 Å². The van der Waals surface area contributed by atoms with Crippen molar-refractivity contribution in [3.63, 3.8) is 0 Å². The second-order valence-corrected chi connectivity index (χ2v) is 5.42. The molecule has 0 amide bonds. The van der Waals surface area contributed by atoms with Gasteiger partial charge in [0, 0.05) is 19.7 Å². The van der Waals surface area contributed by atoms with Gasteiger partial charge in [-0.25, -0.2) is 0 Å². The lowest BCUT2D eigenvalue weighted by Gasteiger charge is -2.25. The molecular weight excluding hydrogens is 250 g/mol. The van der Waals surface area contributed by atoms with Crippen LogP contribution in [0, 0.1) is 20.8 Å². The van der Waals surface area contributed by atoms with Crippen molar-refractivity contribution in [1.82, 2.24) is 4.90 Å². The number of benzene rings is 1. The number of rotatable bonds is 8. The number of aryl methyl sites for hydroxylation is 3. The lowest BCUT2D eigenvalue weighted by Crippen LogP contribution is -2.32. The molecule has 1 atom stereocenters. The highest BCUT2D eigenvalue weighted by Gasteiger charge is 2.16. The first-order valence-corrected chi connectivity index (χ1v) is 7.55. The zero-order chi connectivity index (χ0) is 15.1. The summed E-state index contributed by atoms with van der Waals surface area (Å²) in [6.07, 6.45) is -0.433. The fourth-order valence-corrected chi connectivity index (χ4v) is 2.77. The van der Waals surface area contributed by atoms with E-state index in [1.165, 1.54) is 16.7 Å². The zero-order valence-electron chi connectivity index (χ0n) is 13.6. The van der Waals surface area contributed by atoms with Crippen LogP contribution in [0.1, 0.15) is 42.2 Å². The molecule has 0 heterocycles. The molecular formula is C17H29NO2. The Labute approximate surface area is 123 Å². The smallest absolute Gasteiger partial charge is 0.0922 e. The van der Waals surface area contributed by atoms with E-state index in [9.17, 15) is 5.11 Å². The molecule has 0 bridgehead atoms. The van der Waals surface area contributed by atoms with Crippen LogP contribution in [0.5, 0.6) is 0 Å². The van der Waals surface area contributed by atoms with E-state index < -0.39 is 6.10 Å². The first-order valence-electron chi connectivity index (χ1n) is 7.55. The van der Waals surface area contributed by atoms with Gasteiger partial charge in [-0.3, -0.25) is 4.90 Å². The van der Waals surface area contributed by atoms with Crippen molar-refractivity contribution in [2.45, 2.75) is 40.7 Å². The summed E-state index contributed by atoms with van der Waals surface area (Å²) in [4.78, 5) is 2.24. The minimum Gasteiger partial charge on any atom is -0.387 e. The maximum Gasteiger partial charge on any atom is 0.0922 e. The molecule has 1 aromatic carbocycles. The molecule has 1 rings (SSSR count). The third-order valence-corrected chi connectivity index (χ3v) is 3.71. The van der Waals surface area contributed by atoms with Gasteiger partial charge in [-0.15, -0.1) is 0 Å². The third-order valence-electron chi connectivity index (χ3n) is 3.71. The Balaban J connectivity index is 2.71. The van der Waals surface area contributed by atoms with E-state index in [0.717, 1.165) is 31.9 Å². The van der Waals surface area contributed by atoms with Gasteiger partial charge in [-0.1, -0.05) is 24.6 Å². The molecule has 114 valence electrons. The van der Waals surface area contributed by atoms with Gasteiger partial charge in [0.2, 0.25) is 0 Å². The van der Waals surface area contributed by atoms with Crippen LogP contribution in [0.4, 0.5) is 0 Å². The molecule has 0 aliphatic carbocycles. The highest BCUT2D eigenvalue weighted by molar-refractivity contribution is 5.39. The second kappa shape index (κ2) is 8.40. The van der Waals surface area contributed by atoms with Crippen molar-refractivity contribution in [3.05, 3.63) is 34.4 Å². The van der Waals surface area contributed by atoms with Crippen LogP contribution < -0.4 is 0 Å². The van der Waals surface area contributed by atoms with Gasteiger partial charge < -0.3 is 9.84 Å². The van der Waals surface area contributed by atoms with Gasteiger partial charge >= 0.3 is 0 Å². The average Bonchev–Trinajstić information content (AvgIpc) is 2.36. The topological polar surface area (TPSA) is 32.7 Å². The molecule has 3 nitrogen and oxygen atoms in total. The summed E-state index contributed by atoms with van der Waals surface area (Å²) in [7, 11) is 0. The Morgan fingerprint density at radius 1 is 1.15 bits per heavy atom. The fourth-order valence-electron chi connectivity index (χ4n) is 2.77. The van der Waals surface area contributed by atoms with E-state index in [1.54, 1.807) is 0 Å². The number of aliphatic hydroxyl groups excluding tert-OH is 1. The number of aliphatic hydroxyl groups is 1. The minimum atomic E-state index is -0.433. The maximum absolute atomic E-state index is 10.5. The van der Waals surface area contributed by atoms with E-state index in [-0.39, 0.29) is 0 Å². The van der Waals surface area contributed by atoms with E-state index >= 15 is 0 Å². The number of ether oxygens (including phenoxy) is 1. The van der Waals surface area contributed by atoms with Gasteiger partial charge in [-0.05, 0) is 50.9 Å². The molecule has 0 aliphatic rings. The first-order chi connectivity index (χ1) is 9.49. The van der Waals surface area contributed by atoms with Crippen LogP contribution >= 0.6 is 0 Å². The molecule has 0 saturated heterocycles. The summed E-state index contributed by atoms with van der Waals surface area (Å²) in [5.74, 6) is 0. The van der Waals surface area contributed by atoms with Crippen molar-refractivity contribution in [2.75, 3.05) is 32.8 Å². The predicted octanol–water partition coefficient (Wildman–Crippen LogP) is 3.00. The molecule has 0 aliphatic heterocycles. The quantitative estimate of drug-likeness (QED) is 0.743. The van der Waals surface area contributed by atoms with Gasteiger partial charge in [0.05, 0.1) is 12.7 Å². The summed E-state index contributed by atoms with van der Waals surface area (Å²) in [6.45, 7) is 14.3. The zero-order valence-corrected chi connectivity index (χ0v) is 13.6. The Kier molecular flexibility index (Phi) is 7.20. The Hall–Kier alpha value is -0.900. The fraction of sp³-hybridized carbons (Fsp3) is 0.647. The Bertz CT molecular complexity index is 394. The molecule has 0 aromatic heterocycles. The van der Waals surface area contributed by atoms with Gasteiger partial charge in [0.15, 0.2) is 0 Å². The van der Waals surface area contributed by atoms with Crippen LogP contribution in [-0.2, 0) is 4.74 Å². The third kappa shape index (κ3) is 4.89. The Morgan fingerprint density at radius 2 is 1.75 bits per heavy atom. The molecule has 1 unspecified atom stereocenters. The van der Waals surface area contributed by atoms with Crippen LogP contribution in [0.25, 0.3) is 0 Å². The number of hydrogen-bond acceptors (Lipinski definition) is 3. The summed E-state index contributed by atoms with van der Waals surface area (Å²) >= 11 is 0. The lowest BCUT2D eigenvalue weighted by molar-refractivity contribution is 0.0787. The van der Waals surface area contributed by atoms with Crippen molar-refractivity contribution in [1.29, 1.82) is 0 Å². The summed E-state index contributed by atoms with van der Waals surface area (Å²) < 4.78 is 5.39. The summed E-state index contributed by atoms with van der Waals surface area (Å²) in [5.41, 5.74) is 4.68. The van der Waals surface area contributed by atoms with Gasteiger partial charge in [0.1, 0.15) is 0 Å². The molecule has 3 heteroatoms. The SMILES string of the molecule is CCOCCN(CC)CC(O)c1c(C)cc(C)cc1C. The molecule has 1 aromatic rings. The van der Waals surface area contributed by atoms with E-state index in [1.807, 2.05) is 6.92 Å². The number of nitrogens with zero attached hydrogens (tertiary/aromatic N) is 1. The van der Waals surface area contributed by atoms with E-state index in [2.05, 4.69) is 44.7 Å². The maximum atomic E-state index is 10.5. The average molecular weight is 279 g/mol. The van der Waals surface area contributed by atoms with Crippen LogP contribution in [0.3, 0.4) is 0 Å². The monoisotopic (exact) mass is 279 g/mol. The molecule has 1 N–H and O–H groups in total. The van der Waals surface area contributed by atoms with Crippen molar-refractivity contribution < 1.29 is 9.84 Å². The molecule has 20 heavy (non-hydrogen) atoms. The van der Waals surface area contributed by atoms with Gasteiger partial charge in [0.25, 0.3) is 0 Å². The molecule has 0 fully saturated rings. The minimum absolute atomic E-state index is 0.433. The van der Waals surface area contributed by atoms with Crippen molar-refractivity contribution in [3.8, 4) is 0 Å². The summed E-state index contributed by atoms with van der Waals surface area (Å²) in [6, 6.07) is 4.28. The normalized spacial score (nSPS) is 12.9.